The highest BCUT2D eigenvalue weighted by Gasteiger charge is 2.58. The molecule has 30 heavy (non-hydrogen) atoms. The Hall–Kier alpha value is -1.14. The number of hydrogen-bond donors (Lipinski definition) is 0. The first kappa shape index (κ1) is 26.9. The molecule has 0 aliphatic carbocycles. The lowest BCUT2D eigenvalue weighted by Crippen LogP contribution is -2.62. The zero-order chi connectivity index (χ0) is 23.0. The normalized spacial score (nSPS) is 23.6. The molecule has 0 aromatic carbocycles. The van der Waals surface area contributed by atoms with Crippen LogP contribution in [0.15, 0.2) is 0 Å². The predicted octanol–water partition coefficient (Wildman–Crippen LogP) is 6.32. The van der Waals surface area contributed by atoms with Crippen molar-refractivity contribution in [3.05, 3.63) is 0 Å². The summed E-state index contributed by atoms with van der Waals surface area (Å²) in [5.74, 6) is -0.614. The van der Waals surface area contributed by atoms with Crippen LogP contribution in [-0.4, -0.2) is 23.6 Å². The molecular formula is C24H44O6. The van der Waals surface area contributed by atoms with Crippen LogP contribution in [0.3, 0.4) is 0 Å². The largest absolute Gasteiger partial charge is 0.393 e. The summed E-state index contributed by atoms with van der Waals surface area (Å²) in [6, 6.07) is 0. The van der Waals surface area contributed by atoms with Gasteiger partial charge in [0.1, 0.15) is 6.10 Å². The minimum Gasteiger partial charge on any atom is -0.247 e. The molecule has 0 aromatic heterocycles. The van der Waals surface area contributed by atoms with E-state index in [-0.39, 0.29) is 11.5 Å². The van der Waals surface area contributed by atoms with Gasteiger partial charge >= 0.3 is 11.9 Å². The van der Waals surface area contributed by atoms with Crippen molar-refractivity contribution in [2.75, 3.05) is 0 Å². The van der Waals surface area contributed by atoms with E-state index in [1.54, 1.807) is 0 Å². The van der Waals surface area contributed by atoms with Crippen molar-refractivity contribution >= 4 is 11.9 Å². The maximum Gasteiger partial charge on any atom is 0.393 e. The average Bonchev–Trinajstić information content (AvgIpc) is 2.66. The first-order valence-electron chi connectivity index (χ1n) is 11.8. The second-order valence-electron chi connectivity index (χ2n) is 10.1. The molecule has 1 heterocycles. The van der Waals surface area contributed by atoms with Crippen molar-refractivity contribution in [1.29, 1.82) is 0 Å². The fraction of sp³-hybridized carbons (Fsp3) is 0.917. The second-order valence-corrected chi connectivity index (χ2v) is 10.1. The number of rotatable bonds is 13. The van der Waals surface area contributed by atoms with E-state index in [1.165, 1.54) is 0 Å². The summed E-state index contributed by atoms with van der Waals surface area (Å²) in [5, 5.41) is 0. The zero-order valence-electron chi connectivity index (χ0n) is 20.5. The molecular weight excluding hydrogens is 384 g/mol. The van der Waals surface area contributed by atoms with Crippen LogP contribution in [0.5, 0.6) is 0 Å². The SMILES string of the molecule is CCCCC(CC)(CC(C)(C)CC(C)C)C(=O)OOC(=O)C1(CC)OOC1CCC. The number of unbranched alkanes of at least 4 members (excludes halogenated alkanes) is 1. The molecule has 6 nitrogen and oxygen atoms in total. The third-order valence-electron chi connectivity index (χ3n) is 6.34. The highest BCUT2D eigenvalue weighted by atomic mass is 17.3. The molecule has 3 atom stereocenters. The van der Waals surface area contributed by atoms with Crippen LogP contribution in [0.4, 0.5) is 0 Å². The number of hydrogen-bond acceptors (Lipinski definition) is 6. The summed E-state index contributed by atoms with van der Waals surface area (Å²) < 4.78 is 0. The van der Waals surface area contributed by atoms with E-state index < -0.39 is 23.0 Å². The molecule has 6 heteroatoms. The molecule has 0 bridgehead atoms. The molecule has 1 aliphatic rings. The molecule has 1 fully saturated rings. The van der Waals surface area contributed by atoms with Gasteiger partial charge in [0.05, 0.1) is 5.41 Å². The molecule has 3 unspecified atom stereocenters. The van der Waals surface area contributed by atoms with E-state index in [0.29, 0.717) is 31.6 Å². The van der Waals surface area contributed by atoms with Crippen LogP contribution in [0.25, 0.3) is 0 Å². The van der Waals surface area contributed by atoms with E-state index >= 15 is 0 Å². The Morgan fingerprint density at radius 1 is 1.07 bits per heavy atom. The maximum absolute atomic E-state index is 13.2. The monoisotopic (exact) mass is 428 g/mol. The highest BCUT2D eigenvalue weighted by Crippen LogP contribution is 2.45. The van der Waals surface area contributed by atoms with Crippen molar-refractivity contribution in [2.24, 2.45) is 16.7 Å². The van der Waals surface area contributed by atoms with Gasteiger partial charge < -0.3 is 0 Å². The molecule has 0 aromatic rings. The van der Waals surface area contributed by atoms with Crippen molar-refractivity contribution in [1.82, 2.24) is 0 Å². The lowest BCUT2D eigenvalue weighted by molar-refractivity contribution is -0.502. The van der Waals surface area contributed by atoms with Gasteiger partial charge in [-0.25, -0.2) is 29.1 Å². The number of carbonyl (C=O) groups is 2. The second kappa shape index (κ2) is 11.5. The first-order chi connectivity index (χ1) is 14.0. The minimum absolute atomic E-state index is 0.0251. The lowest BCUT2D eigenvalue weighted by atomic mass is 9.66. The van der Waals surface area contributed by atoms with Crippen LogP contribution in [0.1, 0.15) is 113 Å². The molecule has 0 saturated carbocycles. The van der Waals surface area contributed by atoms with E-state index in [4.69, 9.17) is 19.6 Å². The molecule has 176 valence electrons. The Balaban J connectivity index is 2.92. The van der Waals surface area contributed by atoms with E-state index in [0.717, 1.165) is 32.1 Å². The van der Waals surface area contributed by atoms with Crippen LogP contribution >= 0.6 is 0 Å². The number of carbonyl (C=O) groups excluding carboxylic acids is 2. The predicted molar refractivity (Wildman–Crippen MR) is 116 cm³/mol. The smallest absolute Gasteiger partial charge is 0.247 e. The quantitative estimate of drug-likeness (QED) is 0.253. The van der Waals surface area contributed by atoms with Gasteiger partial charge in [-0.1, -0.05) is 74.7 Å². The van der Waals surface area contributed by atoms with Crippen LogP contribution in [0, 0.1) is 16.7 Å². The van der Waals surface area contributed by atoms with Crippen LogP contribution in [-0.2, 0) is 29.1 Å². The molecule has 0 N–H and O–H groups in total. The third-order valence-corrected chi connectivity index (χ3v) is 6.34. The van der Waals surface area contributed by atoms with Gasteiger partial charge in [-0.05, 0) is 49.9 Å². The molecule has 0 radical (unpaired) electrons. The first-order valence-corrected chi connectivity index (χ1v) is 11.8. The van der Waals surface area contributed by atoms with E-state index in [2.05, 4.69) is 34.6 Å². The van der Waals surface area contributed by atoms with Crippen molar-refractivity contribution in [2.45, 2.75) is 125 Å². The molecule has 1 saturated heterocycles. The van der Waals surface area contributed by atoms with Crippen LogP contribution < -0.4 is 0 Å². The summed E-state index contributed by atoms with van der Waals surface area (Å²) in [4.78, 5) is 46.5. The minimum atomic E-state index is -1.19. The van der Waals surface area contributed by atoms with E-state index in [1.807, 2.05) is 20.8 Å². The van der Waals surface area contributed by atoms with Gasteiger partial charge in [0, 0.05) is 0 Å². The molecule has 1 aliphatic heterocycles. The Morgan fingerprint density at radius 3 is 2.17 bits per heavy atom. The van der Waals surface area contributed by atoms with Crippen molar-refractivity contribution < 1.29 is 29.1 Å². The summed E-state index contributed by atoms with van der Waals surface area (Å²) in [6.45, 7) is 16.7. The molecule has 1 rings (SSSR count). The lowest BCUT2D eigenvalue weighted by Gasteiger charge is -2.43. The third kappa shape index (κ3) is 6.43. The van der Waals surface area contributed by atoms with Gasteiger partial charge in [0.25, 0.3) is 0 Å². The molecule has 0 amide bonds. The highest BCUT2D eigenvalue weighted by molar-refractivity contribution is 5.82. The van der Waals surface area contributed by atoms with Gasteiger partial charge in [-0.2, -0.15) is 0 Å². The van der Waals surface area contributed by atoms with Gasteiger partial charge in [0.15, 0.2) is 0 Å². The Morgan fingerprint density at radius 2 is 1.73 bits per heavy atom. The Kier molecular flexibility index (Phi) is 10.3. The summed E-state index contributed by atoms with van der Waals surface area (Å²) in [7, 11) is 0. The summed E-state index contributed by atoms with van der Waals surface area (Å²) >= 11 is 0. The Bertz CT molecular complexity index is 554. The topological polar surface area (TPSA) is 71.1 Å². The zero-order valence-corrected chi connectivity index (χ0v) is 20.5. The van der Waals surface area contributed by atoms with Gasteiger partial charge in [-0.3, -0.25) is 0 Å². The summed E-state index contributed by atoms with van der Waals surface area (Å²) in [5.41, 5.74) is -1.89. The standard InChI is InChI=1S/C24H44O6/c1-9-13-15-23(11-3,17-22(7,8)16-18(5)6)20(25)28-29-21(26)24(12-4)19(14-10-2)27-30-24/h18-19H,9-17H2,1-8H3. The van der Waals surface area contributed by atoms with E-state index in [9.17, 15) is 9.59 Å². The fourth-order valence-electron chi connectivity index (χ4n) is 4.92. The van der Waals surface area contributed by atoms with Gasteiger partial charge in [0.2, 0.25) is 5.60 Å². The maximum atomic E-state index is 13.2. The molecule has 0 spiro atoms. The van der Waals surface area contributed by atoms with Crippen molar-refractivity contribution in [3.8, 4) is 0 Å². The Labute approximate surface area is 183 Å². The summed E-state index contributed by atoms with van der Waals surface area (Å²) in [6.07, 6.45) is 6.52. The van der Waals surface area contributed by atoms with Gasteiger partial charge in [-0.15, -0.1) is 0 Å². The average molecular weight is 429 g/mol. The van der Waals surface area contributed by atoms with Crippen LogP contribution in [0.2, 0.25) is 0 Å². The fourth-order valence-corrected chi connectivity index (χ4v) is 4.92. The van der Waals surface area contributed by atoms with Crippen molar-refractivity contribution in [3.63, 3.8) is 0 Å².